The summed E-state index contributed by atoms with van der Waals surface area (Å²) in [5, 5.41) is 8.55. The zero-order chi connectivity index (χ0) is 16.2. The zero-order valence-electron chi connectivity index (χ0n) is 14.3. The number of unbranched alkanes of at least 4 members (excludes halogenated alkanes) is 8. The van der Waals surface area contributed by atoms with Gasteiger partial charge in [-0.2, -0.15) is 0 Å². The van der Waals surface area contributed by atoms with Crippen molar-refractivity contribution in [2.75, 3.05) is 0 Å². The number of hydrogen-bond donors (Lipinski definition) is 1. The highest BCUT2D eigenvalue weighted by molar-refractivity contribution is 5.66. The fraction of sp³-hybridized carbons (Fsp3) is 0.684. The lowest BCUT2D eigenvalue weighted by molar-refractivity contribution is -0.678. The van der Waals surface area contributed by atoms with Crippen molar-refractivity contribution < 1.29 is 14.5 Å². The minimum absolute atomic E-state index is 0.330. The summed E-state index contributed by atoms with van der Waals surface area (Å²) in [6.07, 6.45) is 14.5. The van der Waals surface area contributed by atoms with E-state index in [9.17, 15) is 4.79 Å². The minimum atomic E-state index is -0.665. The Morgan fingerprint density at radius 2 is 1.55 bits per heavy atom. The van der Waals surface area contributed by atoms with Crippen molar-refractivity contribution in [2.24, 2.45) is 7.05 Å². The van der Waals surface area contributed by atoms with E-state index in [0.29, 0.717) is 6.42 Å². The van der Waals surface area contributed by atoms with E-state index in [-0.39, 0.29) is 0 Å². The van der Waals surface area contributed by atoms with Gasteiger partial charge in [-0.15, -0.1) is 0 Å². The number of carbonyl (C=O) groups is 1. The van der Waals surface area contributed by atoms with Crippen molar-refractivity contribution >= 4 is 5.97 Å². The van der Waals surface area contributed by atoms with Gasteiger partial charge in [0, 0.05) is 25.0 Å². The van der Waals surface area contributed by atoms with Crippen LogP contribution >= 0.6 is 0 Å². The quantitative estimate of drug-likeness (QED) is 0.461. The molecule has 124 valence electrons. The van der Waals surface area contributed by atoms with Crippen LogP contribution in [0.4, 0.5) is 0 Å². The first kappa shape index (κ1) is 18.7. The van der Waals surface area contributed by atoms with Gasteiger partial charge in [0.25, 0.3) is 0 Å². The number of aryl methyl sites for hydroxylation is 2. The average molecular weight is 306 g/mol. The van der Waals surface area contributed by atoms with Gasteiger partial charge in [0.05, 0.1) is 0 Å². The molecule has 3 heteroatoms. The van der Waals surface area contributed by atoms with Crippen LogP contribution < -0.4 is 4.57 Å². The molecular formula is C19H32NO2+. The van der Waals surface area contributed by atoms with Crippen molar-refractivity contribution in [3.05, 3.63) is 29.6 Å². The van der Waals surface area contributed by atoms with E-state index < -0.39 is 5.97 Å². The van der Waals surface area contributed by atoms with Crippen LogP contribution in [0, 0.1) is 6.92 Å². The van der Waals surface area contributed by atoms with E-state index in [0.717, 1.165) is 12.8 Å². The molecule has 0 aliphatic rings. The third-order valence-electron chi connectivity index (χ3n) is 4.44. The highest BCUT2D eigenvalue weighted by atomic mass is 16.4. The summed E-state index contributed by atoms with van der Waals surface area (Å²) in [6, 6.07) is 4.37. The van der Waals surface area contributed by atoms with Crippen LogP contribution in [0.2, 0.25) is 0 Å². The summed E-state index contributed by atoms with van der Waals surface area (Å²) in [5.74, 6) is -0.665. The first-order valence-corrected chi connectivity index (χ1v) is 8.77. The molecule has 1 rings (SSSR count). The van der Waals surface area contributed by atoms with Gasteiger partial charge in [0.2, 0.25) is 0 Å². The SMILES string of the molecule is Cc1c(CCCCCCCCCCCC(=O)O)ccc[n+]1C. The van der Waals surface area contributed by atoms with E-state index in [4.69, 9.17) is 5.11 Å². The Morgan fingerprint density at radius 1 is 1.00 bits per heavy atom. The second-order valence-electron chi connectivity index (χ2n) is 6.31. The lowest BCUT2D eigenvalue weighted by atomic mass is 10.0. The van der Waals surface area contributed by atoms with Crippen LogP contribution in [0.25, 0.3) is 0 Å². The molecule has 0 aromatic carbocycles. The molecule has 0 unspecified atom stereocenters. The zero-order valence-corrected chi connectivity index (χ0v) is 14.3. The predicted molar refractivity (Wildman–Crippen MR) is 89.9 cm³/mol. The third kappa shape index (κ3) is 8.16. The molecule has 0 spiro atoms. The smallest absolute Gasteiger partial charge is 0.303 e. The molecule has 22 heavy (non-hydrogen) atoms. The maximum atomic E-state index is 10.4. The minimum Gasteiger partial charge on any atom is -0.481 e. The summed E-state index contributed by atoms with van der Waals surface area (Å²) in [4.78, 5) is 10.4. The number of hydrogen-bond acceptors (Lipinski definition) is 1. The van der Waals surface area contributed by atoms with Crippen molar-refractivity contribution in [3.63, 3.8) is 0 Å². The van der Waals surface area contributed by atoms with Gasteiger partial charge in [-0.05, 0) is 25.3 Å². The molecule has 0 fully saturated rings. The summed E-state index contributed by atoms with van der Waals surface area (Å²) < 4.78 is 2.19. The largest absolute Gasteiger partial charge is 0.481 e. The first-order chi connectivity index (χ1) is 10.6. The van der Waals surface area contributed by atoms with Crippen LogP contribution in [0.5, 0.6) is 0 Å². The number of rotatable bonds is 12. The maximum absolute atomic E-state index is 10.4. The van der Waals surface area contributed by atoms with Crippen LogP contribution in [-0.2, 0) is 18.3 Å². The number of aromatic nitrogens is 1. The van der Waals surface area contributed by atoms with Gasteiger partial charge in [-0.3, -0.25) is 4.79 Å². The number of carboxylic acid groups (broad SMARTS) is 1. The van der Waals surface area contributed by atoms with E-state index in [1.165, 1.54) is 62.6 Å². The fourth-order valence-electron chi connectivity index (χ4n) is 2.84. The molecule has 1 heterocycles. The lowest BCUT2D eigenvalue weighted by Gasteiger charge is -2.04. The Labute approximate surface area is 135 Å². The van der Waals surface area contributed by atoms with Gasteiger partial charge in [-0.25, -0.2) is 4.57 Å². The Morgan fingerprint density at radius 3 is 2.14 bits per heavy atom. The summed E-state index contributed by atoms with van der Waals surface area (Å²) in [5.41, 5.74) is 2.85. The molecule has 3 nitrogen and oxygen atoms in total. The summed E-state index contributed by atoms with van der Waals surface area (Å²) >= 11 is 0. The molecule has 1 aromatic rings. The molecule has 0 atom stereocenters. The number of pyridine rings is 1. The number of carboxylic acids is 1. The molecular weight excluding hydrogens is 274 g/mol. The van der Waals surface area contributed by atoms with Crippen LogP contribution in [0.15, 0.2) is 18.3 Å². The second-order valence-corrected chi connectivity index (χ2v) is 6.31. The van der Waals surface area contributed by atoms with E-state index in [1.54, 1.807) is 0 Å². The van der Waals surface area contributed by atoms with Crippen molar-refractivity contribution in [1.82, 2.24) is 0 Å². The Kier molecular flexibility index (Phi) is 9.52. The summed E-state index contributed by atoms with van der Waals surface area (Å²) in [7, 11) is 2.11. The second kappa shape index (κ2) is 11.2. The van der Waals surface area contributed by atoms with E-state index in [2.05, 4.69) is 36.9 Å². The number of nitrogens with zero attached hydrogens (tertiary/aromatic N) is 1. The molecule has 1 N–H and O–H groups in total. The van der Waals surface area contributed by atoms with Gasteiger partial charge in [0.15, 0.2) is 11.9 Å². The first-order valence-electron chi connectivity index (χ1n) is 8.77. The van der Waals surface area contributed by atoms with Crippen molar-refractivity contribution in [3.8, 4) is 0 Å². The lowest BCUT2D eigenvalue weighted by Crippen LogP contribution is -2.32. The van der Waals surface area contributed by atoms with Crippen molar-refractivity contribution in [1.29, 1.82) is 0 Å². The highest BCUT2D eigenvalue weighted by Crippen LogP contribution is 2.13. The Bertz CT molecular complexity index is 443. The topological polar surface area (TPSA) is 41.2 Å². The summed E-state index contributed by atoms with van der Waals surface area (Å²) in [6.45, 7) is 2.19. The molecule has 1 aromatic heterocycles. The van der Waals surface area contributed by atoms with E-state index >= 15 is 0 Å². The molecule has 0 radical (unpaired) electrons. The molecule has 0 aliphatic heterocycles. The normalized spacial score (nSPS) is 10.8. The predicted octanol–water partition coefficient (Wildman–Crippen LogP) is 4.35. The fourth-order valence-corrected chi connectivity index (χ4v) is 2.84. The van der Waals surface area contributed by atoms with Crippen LogP contribution in [0.3, 0.4) is 0 Å². The average Bonchev–Trinajstić information content (AvgIpc) is 2.48. The molecule has 0 bridgehead atoms. The standard InChI is InChI=1S/C19H31NO2/c1-17-18(14-12-16-20(17)2)13-10-8-6-4-3-5-7-9-11-15-19(21)22/h12,14,16H,3-11,13,15H2,1-2H3/p+1. The molecule has 0 saturated carbocycles. The number of aliphatic carboxylic acids is 1. The van der Waals surface area contributed by atoms with Gasteiger partial charge in [0.1, 0.15) is 7.05 Å². The Balaban J connectivity index is 1.94. The monoisotopic (exact) mass is 306 g/mol. The van der Waals surface area contributed by atoms with Gasteiger partial charge < -0.3 is 5.11 Å². The molecule has 0 saturated heterocycles. The Hall–Kier alpha value is -1.38. The van der Waals surface area contributed by atoms with Crippen molar-refractivity contribution in [2.45, 2.75) is 77.6 Å². The van der Waals surface area contributed by atoms with Gasteiger partial charge in [-0.1, -0.05) is 44.9 Å². The maximum Gasteiger partial charge on any atom is 0.303 e. The van der Waals surface area contributed by atoms with E-state index in [1.807, 2.05) is 0 Å². The van der Waals surface area contributed by atoms with Crippen LogP contribution in [0.1, 0.15) is 75.5 Å². The van der Waals surface area contributed by atoms with Gasteiger partial charge >= 0.3 is 5.97 Å². The van der Waals surface area contributed by atoms with Crippen LogP contribution in [-0.4, -0.2) is 11.1 Å². The molecule has 0 amide bonds. The molecule has 0 aliphatic carbocycles. The highest BCUT2D eigenvalue weighted by Gasteiger charge is 2.06. The third-order valence-corrected chi connectivity index (χ3v) is 4.44.